The lowest BCUT2D eigenvalue weighted by atomic mass is 10.1. The first-order valence-corrected chi connectivity index (χ1v) is 5.41. The van der Waals surface area contributed by atoms with Gasteiger partial charge in [0.05, 0.1) is 11.9 Å². The summed E-state index contributed by atoms with van der Waals surface area (Å²) in [6.07, 6.45) is -0.859. The van der Waals surface area contributed by atoms with E-state index in [0.29, 0.717) is 0 Å². The van der Waals surface area contributed by atoms with E-state index in [1.165, 1.54) is 0 Å². The predicted octanol–water partition coefficient (Wildman–Crippen LogP) is 0.572. The molecule has 5 heteroatoms. The summed E-state index contributed by atoms with van der Waals surface area (Å²) in [4.78, 5) is 0. The Balaban J connectivity index is 3.93. The van der Waals surface area contributed by atoms with E-state index in [9.17, 15) is 8.42 Å². The van der Waals surface area contributed by atoms with Gasteiger partial charge >= 0.3 is 0 Å². The highest BCUT2D eigenvalue weighted by Crippen LogP contribution is 2.07. The van der Waals surface area contributed by atoms with Gasteiger partial charge in [-0.05, 0) is 5.92 Å². The number of rotatable bonds is 3. The quantitative estimate of drug-likeness (QED) is 0.656. The molecule has 0 radical (unpaired) electrons. The van der Waals surface area contributed by atoms with Crippen LogP contribution in [0.5, 0.6) is 0 Å². The van der Waals surface area contributed by atoms with Crippen LogP contribution in [0, 0.1) is 5.92 Å². The second-order valence-corrected chi connectivity index (χ2v) is 5.34. The van der Waals surface area contributed by atoms with Gasteiger partial charge in [0.15, 0.2) is 0 Å². The molecule has 0 heterocycles. The Bertz CT molecular complexity index is 185. The first-order valence-electron chi connectivity index (χ1n) is 2.93. The Hall–Kier alpha value is 0.200. The second kappa shape index (κ2) is 3.55. The maximum Gasteiger partial charge on any atom is 0.235 e. The van der Waals surface area contributed by atoms with Gasteiger partial charge in [0.1, 0.15) is 0 Å². The van der Waals surface area contributed by atoms with Crippen molar-refractivity contribution in [2.24, 2.45) is 5.92 Å². The SMILES string of the molecule is CC(C)C(O)CS(=O)(=O)Cl. The summed E-state index contributed by atoms with van der Waals surface area (Å²) in [5, 5.41) is 9.00. The minimum Gasteiger partial charge on any atom is -0.392 e. The monoisotopic (exact) mass is 186 g/mol. The molecule has 0 amide bonds. The maximum atomic E-state index is 10.4. The van der Waals surface area contributed by atoms with Gasteiger partial charge in [0, 0.05) is 10.7 Å². The van der Waals surface area contributed by atoms with Gasteiger partial charge in [-0.3, -0.25) is 0 Å². The van der Waals surface area contributed by atoms with E-state index in [0.717, 1.165) is 0 Å². The van der Waals surface area contributed by atoms with Crippen molar-refractivity contribution in [1.29, 1.82) is 0 Å². The number of hydrogen-bond acceptors (Lipinski definition) is 3. The Morgan fingerprint density at radius 3 is 2.00 bits per heavy atom. The lowest BCUT2D eigenvalue weighted by Crippen LogP contribution is -2.22. The number of halogens is 1. The zero-order valence-electron chi connectivity index (χ0n) is 5.91. The van der Waals surface area contributed by atoms with E-state index >= 15 is 0 Å². The molecule has 0 aromatic rings. The van der Waals surface area contributed by atoms with Crippen LogP contribution in [0.15, 0.2) is 0 Å². The van der Waals surface area contributed by atoms with E-state index in [1.807, 2.05) is 0 Å². The summed E-state index contributed by atoms with van der Waals surface area (Å²) in [5.41, 5.74) is 0. The van der Waals surface area contributed by atoms with Gasteiger partial charge in [-0.1, -0.05) is 13.8 Å². The molecule has 0 saturated heterocycles. The van der Waals surface area contributed by atoms with Gasteiger partial charge in [-0.25, -0.2) is 8.42 Å². The van der Waals surface area contributed by atoms with Crippen molar-refractivity contribution < 1.29 is 13.5 Å². The molecule has 0 aromatic carbocycles. The number of aliphatic hydroxyl groups is 1. The molecule has 1 unspecified atom stereocenters. The van der Waals surface area contributed by atoms with Crippen molar-refractivity contribution in [2.75, 3.05) is 5.75 Å². The van der Waals surface area contributed by atoms with Crippen LogP contribution in [0.1, 0.15) is 13.8 Å². The normalized spacial score (nSPS) is 15.7. The minimum absolute atomic E-state index is 0.0754. The van der Waals surface area contributed by atoms with Crippen LogP contribution in [-0.2, 0) is 9.05 Å². The third kappa shape index (κ3) is 5.02. The van der Waals surface area contributed by atoms with E-state index in [4.69, 9.17) is 15.8 Å². The predicted molar refractivity (Wildman–Crippen MR) is 40.5 cm³/mol. The molecule has 0 spiro atoms. The summed E-state index contributed by atoms with van der Waals surface area (Å²) < 4.78 is 20.7. The Morgan fingerprint density at radius 1 is 1.50 bits per heavy atom. The van der Waals surface area contributed by atoms with Crippen molar-refractivity contribution in [3.63, 3.8) is 0 Å². The second-order valence-electron chi connectivity index (χ2n) is 2.52. The smallest absolute Gasteiger partial charge is 0.235 e. The fraction of sp³-hybridized carbons (Fsp3) is 1.00. The molecule has 3 nitrogen and oxygen atoms in total. The topological polar surface area (TPSA) is 54.4 Å². The fourth-order valence-electron chi connectivity index (χ4n) is 0.396. The van der Waals surface area contributed by atoms with Gasteiger partial charge < -0.3 is 5.11 Å². The molecule has 0 aliphatic rings. The Morgan fingerprint density at radius 2 is 1.90 bits per heavy atom. The van der Waals surface area contributed by atoms with Crippen LogP contribution in [0.4, 0.5) is 0 Å². The highest BCUT2D eigenvalue weighted by atomic mass is 35.7. The van der Waals surface area contributed by atoms with Crippen LogP contribution in [-0.4, -0.2) is 25.4 Å². The lowest BCUT2D eigenvalue weighted by molar-refractivity contribution is 0.147. The average Bonchev–Trinajstić information content (AvgIpc) is 1.60. The third-order valence-corrected chi connectivity index (χ3v) is 2.26. The van der Waals surface area contributed by atoms with Crippen LogP contribution in [0.2, 0.25) is 0 Å². The summed E-state index contributed by atoms with van der Waals surface area (Å²) in [6, 6.07) is 0. The summed E-state index contributed by atoms with van der Waals surface area (Å²) >= 11 is 0. The first-order chi connectivity index (χ1) is 4.33. The molecule has 10 heavy (non-hydrogen) atoms. The van der Waals surface area contributed by atoms with Crippen LogP contribution < -0.4 is 0 Å². The van der Waals surface area contributed by atoms with Gasteiger partial charge in [-0.15, -0.1) is 0 Å². The minimum atomic E-state index is -3.55. The van der Waals surface area contributed by atoms with E-state index < -0.39 is 15.2 Å². The average molecular weight is 187 g/mol. The molecule has 1 N–H and O–H groups in total. The Labute approximate surface area is 65.4 Å². The van der Waals surface area contributed by atoms with Crippen LogP contribution in [0.25, 0.3) is 0 Å². The van der Waals surface area contributed by atoms with Crippen molar-refractivity contribution >= 4 is 19.7 Å². The molecule has 0 rings (SSSR count). The standard InChI is InChI=1S/C5H11ClO3S/c1-4(2)5(7)3-10(6,8)9/h4-5,7H,3H2,1-2H3. The number of hydrogen-bond donors (Lipinski definition) is 1. The zero-order valence-corrected chi connectivity index (χ0v) is 7.48. The highest BCUT2D eigenvalue weighted by Gasteiger charge is 2.16. The summed E-state index contributed by atoms with van der Waals surface area (Å²) in [6.45, 7) is 3.46. The first kappa shape index (κ1) is 10.2. The molecule has 0 saturated carbocycles. The van der Waals surface area contributed by atoms with E-state index in [1.54, 1.807) is 13.8 Å². The van der Waals surface area contributed by atoms with Crippen molar-refractivity contribution in [2.45, 2.75) is 20.0 Å². The largest absolute Gasteiger partial charge is 0.392 e. The van der Waals surface area contributed by atoms with E-state index in [-0.39, 0.29) is 11.7 Å². The molecule has 0 aromatic heterocycles. The molecule has 0 aliphatic carbocycles. The van der Waals surface area contributed by atoms with Crippen LogP contribution in [0.3, 0.4) is 0 Å². The van der Waals surface area contributed by atoms with Gasteiger partial charge in [0.25, 0.3) is 0 Å². The summed E-state index contributed by atoms with van der Waals surface area (Å²) in [5.74, 6) is -0.444. The molecule has 1 atom stereocenters. The molecule has 0 aliphatic heterocycles. The molecule has 0 bridgehead atoms. The van der Waals surface area contributed by atoms with Gasteiger partial charge in [0.2, 0.25) is 9.05 Å². The molecule has 62 valence electrons. The van der Waals surface area contributed by atoms with E-state index in [2.05, 4.69) is 0 Å². The molecule has 0 fully saturated rings. The highest BCUT2D eigenvalue weighted by molar-refractivity contribution is 8.13. The van der Waals surface area contributed by atoms with Crippen molar-refractivity contribution in [1.82, 2.24) is 0 Å². The van der Waals surface area contributed by atoms with Crippen molar-refractivity contribution in [3.8, 4) is 0 Å². The fourth-order valence-corrected chi connectivity index (χ4v) is 1.58. The van der Waals surface area contributed by atoms with Gasteiger partial charge in [-0.2, -0.15) is 0 Å². The molecular formula is C5H11ClO3S. The Kier molecular flexibility index (Phi) is 3.62. The summed E-state index contributed by atoms with van der Waals surface area (Å²) in [7, 11) is 1.34. The maximum absolute atomic E-state index is 10.4. The zero-order chi connectivity index (χ0) is 8.36. The lowest BCUT2D eigenvalue weighted by Gasteiger charge is -2.10. The van der Waals surface area contributed by atoms with Crippen LogP contribution >= 0.6 is 10.7 Å². The number of aliphatic hydroxyl groups excluding tert-OH is 1. The molecular weight excluding hydrogens is 176 g/mol. The third-order valence-electron chi connectivity index (χ3n) is 1.14. The van der Waals surface area contributed by atoms with Crippen molar-refractivity contribution in [3.05, 3.63) is 0 Å².